The van der Waals surface area contributed by atoms with Gasteiger partial charge in [-0.2, -0.15) is 0 Å². The molecule has 0 aromatic carbocycles. The second-order valence-electron chi connectivity index (χ2n) is 0.955. The molecular weight excluding hydrogens is 318 g/mol. The van der Waals surface area contributed by atoms with E-state index in [1.54, 1.807) is 6.34 Å². The minimum atomic E-state index is 0.984. The van der Waals surface area contributed by atoms with Gasteiger partial charge >= 0.3 is 0 Å². The van der Waals surface area contributed by atoms with Gasteiger partial charge in [-0.3, -0.25) is 0 Å². The first-order valence-corrected chi connectivity index (χ1v) is 3.75. The van der Waals surface area contributed by atoms with E-state index < -0.39 is 0 Å². The van der Waals surface area contributed by atoms with Crippen molar-refractivity contribution in [2.75, 3.05) is 0 Å². The van der Waals surface area contributed by atoms with Crippen LogP contribution in [0.2, 0.25) is 0 Å². The Hall–Kier alpha value is 0.670. The number of hydrogen-bond acceptors (Lipinski definition) is 1. The van der Waals surface area contributed by atoms with Crippen LogP contribution in [0.25, 0.3) is 0 Å². The quantitative estimate of drug-likeness (QED) is 0.479. The van der Waals surface area contributed by atoms with Gasteiger partial charge < -0.3 is 0 Å². The Morgan fingerprint density at radius 1 is 1.29 bits per heavy atom. The maximum atomic E-state index is 3.88. The molecule has 1 aliphatic heterocycles. The summed E-state index contributed by atoms with van der Waals surface area (Å²) < 4.78 is 1.97. The first-order valence-electron chi connectivity index (χ1n) is 1.59. The molecule has 0 saturated heterocycles. The highest BCUT2D eigenvalue weighted by Crippen LogP contribution is 2.20. The number of rotatable bonds is 0. The second-order valence-corrected chi connectivity index (χ2v) is 3.00. The molecule has 2 nitrogen and oxygen atoms in total. The monoisotopic (exact) mass is 319 g/mol. The van der Waals surface area contributed by atoms with Gasteiger partial charge in [0.15, 0.2) is 0 Å². The maximum Gasteiger partial charge on any atom is 0.134 e. The molecule has 0 fully saturated rings. The lowest BCUT2D eigenvalue weighted by atomic mass is 11.0. The summed E-state index contributed by atoms with van der Waals surface area (Å²) in [4.78, 5) is 3.88. The minimum Gasteiger partial charge on any atom is -0.228 e. The van der Waals surface area contributed by atoms with E-state index in [-0.39, 0.29) is 0 Å². The normalized spacial score (nSPS) is 18.0. The number of halogens is 2. The Morgan fingerprint density at radius 3 is 2.14 bits per heavy atom. The molecule has 0 atom stereocenters. The summed E-state index contributed by atoms with van der Waals surface area (Å²) >= 11 is 4.28. The molecule has 7 heavy (non-hydrogen) atoms. The van der Waals surface area contributed by atoms with Crippen LogP contribution in [-0.4, -0.2) is 6.34 Å². The predicted molar refractivity (Wildman–Crippen MR) is 45.7 cm³/mol. The van der Waals surface area contributed by atoms with Crippen molar-refractivity contribution < 1.29 is 0 Å². The zero-order valence-corrected chi connectivity index (χ0v) is 7.54. The van der Waals surface area contributed by atoms with Crippen molar-refractivity contribution in [1.82, 2.24) is 5.32 Å². The molecule has 1 aliphatic rings. The number of aliphatic imine (C=N–C) groups is 1. The van der Waals surface area contributed by atoms with Gasteiger partial charge in [-0.25, -0.2) is 10.3 Å². The second kappa shape index (κ2) is 2.29. The predicted octanol–water partition coefficient (Wildman–Crippen LogP) is 1.63. The molecule has 0 N–H and O–H groups in total. The Morgan fingerprint density at radius 2 is 2.00 bits per heavy atom. The minimum absolute atomic E-state index is 0.984. The van der Waals surface area contributed by atoms with E-state index in [1.807, 2.05) is 0 Å². The van der Waals surface area contributed by atoms with Crippen LogP contribution in [0.3, 0.4) is 0 Å². The Labute approximate surface area is 68.7 Å². The van der Waals surface area contributed by atoms with E-state index in [2.05, 4.69) is 55.5 Å². The van der Waals surface area contributed by atoms with E-state index >= 15 is 0 Å². The van der Waals surface area contributed by atoms with Crippen molar-refractivity contribution in [2.24, 2.45) is 4.99 Å². The van der Waals surface area contributed by atoms with Crippen LogP contribution in [0.4, 0.5) is 0 Å². The summed E-state index contributed by atoms with van der Waals surface area (Å²) in [6, 6.07) is 0. The Balaban J connectivity index is 2.79. The third-order valence-electron chi connectivity index (χ3n) is 0.512. The third kappa shape index (κ3) is 1.28. The van der Waals surface area contributed by atoms with Gasteiger partial charge in [0.1, 0.15) is 13.7 Å². The van der Waals surface area contributed by atoms with E-state index in [1.165, 1.54) is 0 Å². The van der Waals surface area contributed by atoms with Crippen LogP contribution in [0.5, 0.6) is 0 Å². The zero-order valence-electron chi connectivity index (χ0n) is 3.23. The van der Waals surface area contributed by atoms with Gasteiger partial charge in [-0.15, -0.1) is 0 Å². The molecule has 1 heterocycles. The summed E-state index contributed by atoms with van der Waals surface area (Å²) in [7, 11) is 0. The first-order chi connectivity index (χ1) is 3.30. The van der Waals surface area contributed by atoms with Gasteiger partial charge in [-0.05, 0) is 45.2 Å². The molecule has 1 radical (unpaired) electrons. The highest BCUT2D eigenvalue weighted by molar-refractivity contribution is 14.1. The lowest BCUT2D eigenvalue weighted by Gasteiger charge is -1.80. The van der Waals surface area contributed by atoms with E-state index in [4.69, 9.17) is 0 Å². The molecular formula is C3HI2N2. The summed E-state index contributed by atoms with van der Waals surface area (Å²) in [5, 5.41) is 3.88. The van der Waals surface area contributed by atoms with E-state index in [0.717, 1.165) is 7.41 Å². The van der Waals surface area contributed by atoms with Crippen LogP contribution in [-0.2, 0) is 0 Å². The largest absolute Gasteiger partial charge is 0.228 e. The molecule has 37 valence electrons. The summed E-state index contributed by atoms with van der Waals surface area (Å²) in [6.07, 6.45) is 1.56. The lowest BCUT2D eigenvalue weighted by Crippen LogP contribution is -1.86. The van der Waals surface area contributed by atoms with Crippen molar-refractivity contribution in [3.63, 3.8) is 0 Å². The SMILES string of the molecule is IC1=C(I)N=C[N]1. The summed E-state index contributed by atoms with van der Waals surface area (Å²) in [6.45, 7) is 0. The number of nitrogens with zero attached hydrogens (tertiary/aromatic N) is 2. The first kappa shape index (κ1) is 5.80. The van der Waals surface area contributed by atoms with Crippen LogP contribution in [0.1, 0.15) is 0 Å². The fraction of sp³-hybridized carbons (Fsp3) is 0. The van der Waals surface area contributed by atoms with Crippen LogP contribution < -0.4 is 5.32 Å². The highest BCUT2D eigenvalue weighted by Gasteiger charge is 2.02. The van der Waals surface area contributed by atoms with E-state index in [0.29, 0.717) is 0 Å². The van der Waals surface area contributed by atoms with Gasteiger partial charge in [0.2, 0.25) is 0 Å². The highest BCUT2D eigenvalue weighted by atomic mass is 127. The molecule has 4 heteroatoms. The summed E-state index contributed by atoms with van der Waals surface area (Å²) in [5.74, 6) is 0. The average Bonchev–Trinajstić information content (AvgIpc) is 1.91. The van der Waals surface area contributed by atoms with Crippen molar-refractivity contribution in [3.8, 4) is 0 Å². The van der Waals surface area contributed by atoms with Crippen molar-refractivity contribution in [2.45, 2.75) is 0 Å². The third-order valence-corrected chi connectivity index (χ3v) is 3.12. The Bertz CT molecular complexity index is 138. The fourth-order valence-electron chi connectivity index (χ4n) is 0.237. The number of hydrogen-bond donors (Lipinski definition) is 0. The molecule has 1 rings (SSSR count). The standard InChI is InChI=1S/C3HI2N2/c4-2-3(5)7-1-6-2/h1H. The molecule has 0 aliphatic carbocycles. The van der Waals surface area contributed by atoms with Gasteiger partial charge in [-0.1, -0.05) is 0 Å². The maximum absolute atomic E-state index is 3.88. The molecule has 0 unspecified atom stereocenters. The molecule has 0 aromatic heterocycles. The fourth-order valence-corrected chi connectivity index (χ4v) is 0.764. The molecule has 0 spiro atoms. The van der Waals surface area contributed by atoms with Crippen LogP contribution in [0.15, 0.2) is 12.4 Å². The summed E-state index contributed by atoms with van der Waals surface area (Å²) in [5.41, 5.74) is 0. The van der Waals surface area contributed by atoms with Crippen LogP contribution in [0, 0.1) is 0 Å². The van der Waals surface area contributed by atoms with Gasteiger partial charge in [0.25, 0.3) is 0 Å². The zero-order chi connectivity index (χ0) is 5.28. The van der Waals surface area contributed by atoms with Crippen molar-refractivity contribution in [3.05, 3.63) is 7.41 Å². The van der Waals surface area contributed by atoms with Gasteiger partial charge in [0, 0.05) is 0 Å². The average molecular weight is 319 g/mol. The molecule has 0 amide bonds. The molecule has 0 saturated carbocycles. The smallest absolute Gasteiger partial charge is 0.134 e. The topological polar surface area (TPSA) is 26.5 Å². The Kier molecular flexibility index (Phi) is 1.90. The van der Waals surface area contributed by atoms with Crippen LogP contribution >= 0.6 is 45.2 Å². The van der Waals surface area contributed by atoms with Crippen molar-refractivity contribution >= 4 is 51.5 Å². The van der Waals surface area contributed by atoms with E-state index in [9.17, 15) is 0 Å². The molecule has 0 bridgehead atoms. The van der Waals surface area contributed by atoms with Gasteiger partial charge in [0.05, 0.1) is 0 Å². The van der Waals surface area contributed by atoms with Crippen molar-refractivity contribution in [1.29, 1.82) is 0 Å². The molecule has 0 aromatic rings. The lowest BCUT2D eigenvalue weighted by molar-refractivity contribution is 1.33.